The van der Waals surface area contributed by atoms with Gasteiger partial charge < -0.3 is 10.4 Å². The maximum Gasteiger partial charge on any atom is 0.0473 e. The molecule has 0 heterocycles. The third-order valence-corrected chi connectivity index (χ3v) is 2.54. The number of nitrogens with one attached hydrogen (secondary N) is 1. The SMILES string of the molecule is CCCCCNCC(CO)C(C)C. The van der Waals surface area contributed by atoms with Gasteiger partial charge in [-0.15, -0.1) is 0 Å². The van der Waals surface area contributed by atoms with Crippen LogP contribution in [0, 0.1) is 11.8 Å². The second-order valence-corrected chi connectivity index (χ2v) is 4.10. The molecule has 1 atom stereocenters. The molecule has 0 saturated heterocycles. The van der Waals surface area contributed by atoms with Gasteiger partial charge in [0.2, 0.25) is 0 Å². The van der Waals surface area contributed by atoms with E-state index < -0.39 is 0 Å². The summed E-state index contributed by atoms with van der Waals surface area (Å²) in [6.45, 7) is 8.89. The van der Waals surface area contributed by atoms with Crippen LogP contribution in [-0.2, 0) is 0 Å². The Bertz CT molecular complexity index is 104. The number of rotatable bonds is 8. The van der Waals surface area contributed by atoms with Crippen molar-refractivity contribution in [3.05, 3.63) is 0 Å². The lowest BCUT2D eigenvalue weighted by Crippen LogP contribution is -2.29. The third kappa shape index (κ3) is 7.03. The number of unbranched alkanes of at least 4 members (excludes halogenated alkanes) is 2. The first-order valence-electron chi connectivity index (χ1n) is 5.53. The first kappa shape index (κ1) is 12.9. The minimum Gasteiger partial charge on any atom is -0.396 e. The van der Waals surface area contributed by atoms with Gasteiger partial charge in [-0.3, -0.25) is 0 Å². The Morgan fingerprint density at radius 1 is 1.23 bits per heavy atom. The number of aliphatic hydroxyl groups is 1. The summed E-state index contributed by atoms with van der Waals surface area (Å²) < 4.78 is 0. The first-order valence-corrected chi connectivity index (χ1v) is 5.53. The molecule has 13 heavy (non-hydrogen) atoms. The molecule has 2 N–H and O–H groups in total. The van der Waals surface area contributed by atoms with Crippen molar-refractivity contribution in [1.29, 1.82) is 0 Å². The van der Waals surface area contributed by atoms with Crippen LogP contribution in [0.2, 0.25) is 0 Å². The Kier molecular flexibility index (Phi) is 8.46. The number of hydrogen-bond donors (Lipinski definition) is 2. The standard InChI is InChI=1S/C11H25NO/c1-4-5-6-7-12-8-11(9-13)10(2)3/h10-13H,4-9H2,1-3H3. The fourth-order valence-electron chi connectivity index (χ4n) is 1.30. The van der Waals surface area contributed by atoms with Crippen molar-refractivity contribution in [2.75, 3.05) is 19.7 Å². The monoisotopic (exact) mass is 187 g/mol. The molecule has 0 amide bonds. The molecule has 0 aliphatic carbocycles. The lowest BCUT2D eigenvalue weighted by molar-refractivity contribution is 0.186. The molecule has 0 aromatic heterocycles. The van der Waals surface area contributed by atoms with E-state index in [1.54, 1.807) is 0 Å². The van der Waals surface area contributed by atoms with E-state index in [1.165, 1.54) is 19.3 Å². The van der Waals surface area contributed by atoms with Crippen molar-refractivity contribution in [2.24, 2.45) is 11.8 Å². The second-order valence-electron chi connectivity index (χ2n) is 4.10. The van der Waals surface area contributed by atoms with Gasteiger partial charge in [-0.2, -0.15) is 0 Å². The molecule has 0 saturated carbocycles. The minimum atomic E-state index is 0.304. The molecule has 0 bridgehead atoms. The zero-order valence-electron chi connectivity index (χ0n) is 9.34. The van der Waals surface area contributed by atoms with Crippen LogP contribution in [0.15, 0.2) is 0 Å². The van der Waals surface area contributed by atoms with Crippen LogP contribution in [0.3, 0.4) is 0 Å². The van der Waals surface area contributed by atoms with Crippen molar-refractivity contribution in [2.45, 2.75) is 40.0 Å². The predicted octanol–water partition coefficient (Wildman–Crippen LogP) is 2.03. The van der Waals surface area contributed by atoms with Gasteiger partial charge in [0.15, 0.2) is 0 Å². The number of hydrogen-bond acceptors (Lipinski definition) is 2. The maximum atomic E-state index is 9.06. The lowest BCUT2D eigenvalue weighted by atomic mass is 9.97. The average molecular weight is 187 g/mol. The molecule has 0 aliphatic heterocycles. The van der Waals surface area contributed by atoms with Crippen LogP contribution >= 0.6 is 0 Å². The molecule has 0 fully saturated rings. The van der Waals surface area contributed by atoms with E-state index in [0.29, 0.717) is 18.4 Å². The highest BCUT2D eigenvalue weighted by atomic mass is 16.3. The summed E-state index contributed by atoms with van der Waals surface area (Å²) in [7, 11) is 0. The van der Waals surface area contributed by atoms with Crippen LogP contribution in [0.25, 0.3) is 0 Å². The van der Waals surface area contributed by atoms with Gasteiger partial charge >= 0.3 is 0 Å². The van der Waals surface area contributed by atoms with Crippen LogP contribution < -0.4 is 5.32 Å². The van der Waals surface area contributed by atoms with E-state index in [1.807, 2.05) is 0 Å². The van der Waals surface area contributed by atoms with Crippen LogP contribution in [0.1, 0.15) is 40.0 Å². The zero-order valence-corrected chi connectivity index (χ0v) is 9.34. The highest BCUT2D eigenvalue weighted by Crippen LogP contribution is 2.08. The Morgan fingerprint density at radius 3 is 2.38 bits per heavy atom. The average Bonchev–Trinajstić information content (AvgIpc) is 2.10. The fraction of sp³-hybridized carbons (Fsp3) is 1.00. The Labute approximate surface area is 82.7 Å². The zero-order chi connectivity index (χ0) is 10.1. The molecule has 2 nitrogen and oxygen atoms in total. The molecule has 1 unspecified atom stereocenters. The predicted molar refractivity (Wildman–Crippen MR) is 57.8 cm³/mol. The molecular formula is C11H25NO. The summed E-state index contributed by atoms with van der Waals surface area (Å²) in [6, 6.07) is 0. The Morgan fingerprint density at radius 2 is 1.92 bits per heavy atom. The smallest absolute Gasteiger partial charge is 0.0473 e. The molecule has 80 valence electrons. The molecule has 2 heteroatoms. The van der Waals surface area contributed by atoms with E-state index in [-0.39, 0.29) is 0 Å². The summed E-state index contributed by atoms with van der Waals surface area (Å²) in [5, 5.41) is 12.5. The highest BCUT2D eigenvalue weighted by molar-refractivity contribution is 4.64. The van der Waals surface area contributed by atoms with Gasteiger partial charge in [0.1, 0.15) is 0 Å². The van der Waals surface area contributed by atoms with Gasteiger partial charge in [-0.25, -0.2) is 0 Å². The van der Waals surface area contributed by atoms with Crippen LogP contribution in [0.5, 0.6) is 0 Å². The van der Waals surface area contributed by atoms with Crippen molar-refractivity contribution in [1.82, 2.24) is 5.32 Å². The van der Waals surface area contributed by atoms with E-state index in [4.69, 9.17) is 5.11 Å². The maximum absolute atomic E-state index is 9.06. The van der Waals surface area contributed by atoms with Crippen LogP contribution in [-0.4, -0.2) is 24.8 Å². The second kappa shape index (κ2) is 8.52. The molecular weight excluding hydrogens is 162 g/mol. The third-order valence-electron chi connectivity index (χ3n) is 2.54. The topological polar surface area (TPSA) is 32.3 Å². The summed E-state index contributed by atoms with van der Waals surface area (Å²) in [4.78, 5) is 0. The van der Waals surface area contributed by atoms with E-state index in [0.717, 1.165) is 13.1 Å². The normalized spacial score (nSPS) is 13.6. The lowest BCUT2D eigenvalue weighted by Gasteiger charge is -2.18. The van der Waals surface area contributed by atoms with Crippen molar-refractivity contribution < 1.29 is 5.11 Å². The first-order chi connectivity index (χ1) is 6.22. The van der Waals surface area contributed by atoms with Crippen molar-refractivity contribution in [3.63, 3.8) is 0 Å². The van der Waals surface area contributed by atoms with Crippen molar-refractivity contribution in [3.8, 4) is 0 Å². The molecule has 0 rings (SSSR count). The summed E-state index contributed by atoms with van der Waals surface area (Å²) in [6.07, 6.45) is 3.83. The molecule has 0 aromatic rings. The van der Waals surface area contributed by atoms with Gasteiger partial charge in [0.05, 0.1) is 0 Å². The van der Waals surface area contributed by atoms with E-state index in [2.05, 4.69) is 26.1 Å². The molecule has 0 aromatic carbocycles. The largest absolute Gasteiger partial charge is 0.396 e. The Hall–Kier alpha value is -0.0800. The van der Waals surface area contributed by atoms with Crippen molar-refractivity contribution >= 4 is 0 Å². The van der Waals surface area contributed by atoms with E-state index in [9.17, 15) is 0 Å². The van der Waals surface area contributed by atoms with Gasteiger partial charge in [-0.05, 0) is 24.8 Å². The molecule has 0 aliphatic rings. The summed E-state index contributed by atoms with van der Waals surface area (Å²) in [5.41, 5.74) is 0. The minimum absolute atomic E-state index is 0.304. The number of aliphatic hydroxyl groups excluding tert-OH is 1. The molecule has 0 radical (unpaired) electrons. The van der Waals surface area contributed by atoms with Gasteiger partial charge in [-0.1, -0.05) is 33.6 Å². The van der Waals surface area contributed by atoms with E-state index >= 15 is 0 Å². The highest BCUT2D eigenvalue weighted by Gasteiger charge is 2.10. The van der Waals surface area contributed by atoms with Gasteiger partial charge in [0.25, 0.3) is 0 Å². The summed E-state index contributed by atoms with van der Waals surface area (Å²) in [5.74, 6) is 0.991. The summed E-state index contributed by atoms with van der Waals surface area (Å²) >= 11 is 0. The van der Waals surface area contributed by atoms with Gasteiger partial charge in [0, 0.05) is 13.2 Å². The Balaban J connectivity index is 3.28. The fourth-order valence-corrected chi connectivity index (χ4v) is 1.30. The molecule has 0 spiro atoms. The quantitative estimate of drug-likeness (QED) is 0.570. The van der Waals surface area contributed by atoms with Crippen LogP contribution in [0.4, 0.5) is 0 Å².